The van der Waals surface area contributed by atoms with Crippen molar-refractivity contribution < 1.29 is 9.53 Å². The van der Waals surface area contributed by atoms with Gasteiger partial charge in [0.1, 0.15) is 5.60 Å². The van der Waals surface area contributed by atoms with Crippen molar-refractivity contribution in [3.8, 4) is 0 Å². The molecule has 94 valence electrons. The molecule has 0 bridgehead atoms. The molecule has 0 atom stereocenters. The van der Waals surface area contributed by atoms with Gasteiger partial charge in [0.15, 0.2) is 0 Å². The van der Waals surface area contributed by atoms with Crippen molar-refractivity contribution in [2.45, 2.75) is 39.5 Å². The average molecular weight is 258 g/mol. The summed E-state index contributed by atoms with van der Waals surface area (Å²) in [6.45, 7) is 7.26. The molecule has 0 N–H and O–H groups in total. The van der Waals surface area contributed by atoms with Crippen molar-refractivity contribution in [1.82, 2.24) is 14.7 Å². The fourth-order valence-corrected chi connectivity index (χ4v) is 1.90. The van der Waals surface area contributed by atoms with E-state index in [1.165, 1.54) is 0 Å². The Bertz CT molecular complexity index is 436. The second-order valence-electron chi connectivity index (χ2n) is 5.06. The summed E-state index contributed by atoms with van der Waals surface area (Å²) in [4.78, 5) is 13.5. The van der Waals surface area contributed by atoms with E-state index in [9.17, 15) is 4.79 Å². The first-order valence-electron chi connectivity index (χ1n) is 5.55. The third kappa shape index (κ3) is 2.72. The predicted molar refractivity (Wildman–Crippen MR) is 63.9 cm³/mol. The van der Waals surface area contributed by atoms with Gasteiger partial charge in [-0.15, -0.1) is 0 Å². The molecule has 0 fully saturated rings. The maximum absolute atomic E-state index is 11.9. The summed E-state index contributed by atoms with van der Waals surface area (Å²) in [7, 11) is 0. The molecule has 0 unspecified atom stereocenters. The summed E-state index contributed by atoms with van der Waals surface area (Å²) < 4.78 is 7.15. The fourth-order valence-electron chi connectivity index (χ4n) is 1.70. The van der Waals surface area contributed by atoms with Gasteiger partial charge in [0.2, 0.25) is 0 Å². The van der Waals surface area contributed by atoms with Crippen LogP contribution in [0, 0.1) is 0 Å². The quantitative estimate of drug-likeness (QED) is 0.716. The third-order valence-electron chi connectivity index (χ3n) is 2.47. The largest absolute Gasteiger partial charge is 0.444 e. The van der Waals surface area contributed by atoms with Gasteiger partial charge in [-0.25, -0.2) is 4.79 Å². The molecule has 0 saturated heterocycles. The lowest BCUT2D eigenvalue weighted by Gasteiger charge is -2.30. The molecule has 1 aromatic rings. The Kier molecular flexibility index (Phi) is 3.03. The lowest BCUT2D eigenvalue weighted by Crippen LogP contribution is -2.41. The number of halogens is 1. The first-order chi connectivity index (χ1) is 7.87. The maximum Gasteiger partial charge on any atom is 0.410 e. The zero-order chi connectivity index (χ0) is 12.6. The zero-order valence-corrected chi connectivity index (χ0v) is 11.0. The van der Waals surface area contributed by atoms with Crippen LogP contribution in [0.5, 0.6) is 0 Å². The monoisotopic (exact) mass is 257 g/mol. The van der Waals surface area contributed by atoms with Crippen LogP contribution in [-0.4, -0.2) is 32.9 Å². The third-order valence-corrected chi connectivity index (χ3v) is 2.79. The summed E-state index contributed by atoms with van der Waals surface area (Å²) in [5, 5.41) is 4.73. The van der Waals surface area contributed by atoms with E-state index in [0.717, 1.165) is 5.69 Å². The molecule has 2 heterocycles. The van der Waals surface area contributed by atoms with Gasteiger partial charge in [-0.1, -0.05) is 11.6 Å². The number of carbonyl (C=O) groups excluding carboxylic acids is 1. The molecule has 2 rings (SSSR count). The number of nitrogens with zero attached hydrogens (tertiary/aromatic N) is 3. The van der Waals surface area contributed by atoms with E-state index in [-0.39, 0.29) is 6.09 Å². The van der Waals surface area contributed by atoms with E-state index < -0.39 is 5.60 Å². The molecule has 17 heavy (non-hydrogen) atoms. The molecular weight excluding hydrogens is 242 g/mol. The Morgan fingerprint density at radius 2 is 2.18 bits per heavy atom. The van der Waals surface area contributed by atoms with Gasteiger partial charge in [-0.2, -0.15) is 5.10 Å². The average Bonchev–Trinajstić information content (AvgIpc) is 2.57. The molecule has 1 aliphatic heterocycles. The molecule has 5 nitrogen and oxygen atoms in total. The van der Waals surface area contributed by atoms with Crippen LogP contribution in [0.2, 0.25) is 5.02 Å². The molecule has 0 aromatic carbocycles. The highest BCUT2D eigenvalue weighted by Crippen LogP contribution is 2.22. The maximum atomic E-state index is 11.9. The molecule has 0 aliphatic carbocycles. The summed E-state index contributed by atoms with van der Waals surface area (Å²) in [5.41, 5.74) is 0.391. The Morgan fingerprint density at radius 3 is 2.82 bits per heavy atom. The van der Waals surface area contributed by atoms with Crippen LogP contribution >= 0.6 is 11.6 Å². The van der Waals surface area contributed by atoms with Crippen molar-refractivity contribution in [2.75, 3.05) is 6.54 Å². The SMILES string of the molecule is CC(C)(C)OC(=O)N1CCn2ncc(Cl)c2C1. The highest BCUT2D eigenvalue weighted by atomic mass is 35.5. The van der Waals surface area contributed by atoms with Crippen LogP contribution in [0.4, 0.5) is 4.79 Å². The first-order valence-corrected chi connectivity index (χ1v) is 5.93. The lowest BCUT2D eigenvalue weighted by atomic mass is 10.2. The Morgan fingerprint density at radius 1 is 1.47 bits per heavy atom. The second kappa shape index (κ2) is 4.22. The first kappa shape index (κ1) is 12.2. The van der Waals surface area contributed by atoms with E-state index in [1.807, 2.05) is 25.5 Å². The highest BCUT2D eigenvalue weighted by Gasteiger charge is 2.27. The van der Waals surface area contributed by atoms with Crippen LogP contribution in [0.15, 0.2) is 6.20 Å². The van der Waals surface area contributed by atoms with E-state index in [1.54, 1.807) is 11.1 Å². The van der Waals surface area contributed by atoms with Gasteiger partial charge < -0.3 is 9.64 Å². The van der Waals surface area contributed by atoms with Crippen molar-refractivity contribution in [2.24, 2.45) is 0 Å². The van der Waals surface area contributed by atoms with Crippen LogP contribution in [0.1, 0.15) is 26.5 Å². The molecule has 1 aliphatic rings. The number of hydrogen-bond acceptors (Lipinski definition) is 3. The van der Waals surface area contributed by atoms with Crippen molar-refractivity contribution >= 4 is 17.7 Å². The number of aromatic nitrogens is 2. The van der Waals surface area contributed by atoms with Crippen molar-refractivity contribution in [3.05, 3.63) is 16.9 Å². The van der Waals surface area contributed by atoms with Gasteiger partial charge in [-0.05, 0) is 20.8 Å². The number of fused-ring (bicyclic) bond motifs is 1. The highest BCUT2D eigenvalue weighted by molar-refractivity contribution is 6.31. The molecule has 0 saturated carbocycles. The Labute approximate surface area is 105 Å². The minimum Gasteiger partial charge on any atom is -0.444 e. The van der Waals surface area contributed by atoms with E-state index in [2.05, 4.69) is 5.10 Å². The lowest BCUT2D eigenvalue weighted by molar-refractivity contribution is 0.0194. The Balaban J connectivity index is 2.07. The van der Waals surface area contributed by atoms with Gasteiger partial charge in [0.25, 0.3) is 0 Å². The minimum absolute atomic E-state index is 0.305. The van der Waals surface area contributed by atoms with Crippen LogP contribution in [-0.2, 0) is 17.8 Å². The van der Waals surface area contributed by atoms with E-state index >= 15 is 0 Å². The second-order valence-corrected chi connectivity index (χ2v) is 5.47. The van der Waals surface area contributed by atoms with Crippen LogP contribution in [0.25, 0.3) is 0 Å². The molecule has 6 heteroatoms. The number of carbonyl (C=O) groups is 1. The van der Waals surface area contributed by atoms with Crippen molar-refractivity contribution in [1.29, 1.82) is 0 Å². The summed E-state index contributed by atoms with van der Waals surface area (Å²) >= 11 is 6.00. The number of ether oxygens (including phenoxy) is 1. The van der Waals surface area contributed by atoms with Crippen molar-refractivity contribution in [3.63, 3.8) is 0 Å². The smallest absolute Gasteiger partial charge is 0.410 e. The Hall–Kier alpha value is -1.23. The molecular formula is C11H16ClN3O2. The standard InChI is InChI=1S/C11H16ClN3O2/c1-11(2,3)17-10(16)14-4-5-15-9(7-14)8(12)6-13-15/h6H,4-5,7H2,1-3H3. The van der Waals surface area contributed by atoms with Gasteiger partial charge >= 0.3 is 6.09 Å². The number of amides is 1. The van der Waals surface area contributed by atoms with Gasteiger partial charge in [-0.3, -0.25) is 4.68 Å². The van der Waals surface area contributed by atoms with Gasteiger partial charge in [0, 0.05) is 6.54 Å². The topological polar surface area (TPSA) is 47.4 Å². The fraction of sp³-hybridized carbons (Fsp3) is 0.636. The normalized spacial score (nSPS) is 15.6. The molecule has 0 spiro atoms. The van der Waals surface area contributed by atoms with E-state index in [4.69, 9.17) is 16.3 Å². The summed E-state index contributed by atoms with van der Waals surface area (Å²) in [5.74, 6) is 0. The summed E-state index contributed by atoms with van der Waals surface area (Å²) in [6, 6.07) is 0. The van der Waals surface area contributed by atoms with Gasteiger partial charge in [0.05, 0.1) is 30.0 Å². The molecule has 0 radical (unpaired) electrons. The van der Waals surface area contributed by atoms with E-state index in [0.29, 0.717) is 24.7 Å². The zero-order valence-electron chi connectivity index (χ0n) is 10.2. The predicted octanol–water partition coefficient (Wildman–Crippen LogP) is 2.29. The minimum atomic E-state index is -0.474. The van der Waals surface area contributed by atoms with Crippen LogP contribution in [0.3, 0.4) is 0 Å². The molecule has 1 amide bonds. The summed E-state index contributed by atoms with van der Waals surface area (Å²) in [6.07, 6.45) is 1.30. The van der Waals surface area contributed by atoms with Crippen LogP contribution < -0.4 is 0 Å². The molecule has 1 aromatic heterocycles. The number of hydrogen-bond donors (Lipinski definition) is 0. The number of rotatable bonds is 0.